The van der Waals surface area contributed by atoms with Gasteiger partial charge in [0.15, 0.2) is 0 Å². The molecule has 16 heavy (non-hydrogen) atoms. The molecule has 0 atom stereocenters. The van der Waals surface area contributed by atoms with Crippen LogP contribution in [0.15, 0.2) is 18.2 Å². The van der Waals surface area contributed by atoms with Gasteiger partial charge in [-0.2, -0.15) is 0 Å². The largest absolute Gasteiger partial charge is 0.508 e. The SMILES string of the molecule is CC(C)(C)c1cc(O)cc(C(C)(C)C)c1.Cl. The van der Waals surface area contributed by atoms with Crippen LogP contribution in [0.1, 0.15) is 52.7 Å². The Bertz CT molecular complexity index is 324. The maximum Gasteiger partial charge on any atom is 0.116 e. The molecule has 2 heteroatoms. The van der Waals surface area contributed by atoms with E-state index in [2.05, 4.69) is 47.6 Å². The standard InChI is InChI=1S/C14H22O.ClH/c1-13(2,3)10-7-11(14(4,5)6)9-12(15)8-10;/h7-9,15H,1-6H3;1H. The molecule has 0 fully saturated rings. The maximum atomic E-state index is 9.72. The minimum absolute atomic E-state index is 0. The summed E-state index contributed by atoms with van der Waals surface area (Å²) in [6.45, 7) is 13.0. The van der Waals surface area contributed by atoms with Gasteiger partial charge in [-0.25, -0.2) is 0 Å². The lowest BCUT2D eigenvalue weighted by Crippen LogP contribution is -2.15. The molecule has 0 bridgehead atoms. The second-order valence-corrected chi connectivity index (χ2v) is 6.27. The fraction of sp³-hybridized carbons (Fsp3) is 0.571. The molecule has 0 aliphatic rings. The van der Waals surface area contributed by atoms with E-state index in [1.165, 1.54) is 11.1 Å². The van der Waals surface area contributed by atoms with Gasteiger partial charge in [0.2, 0.25) is 0 Å². The van der Waals surface area contributed by atoms with Gasteiger partial charge < -0.3 is 5.11 Å². The van der Waals surface area contributed by atoms with Gasteiger partial charge in [-0.3, -0.25) is 0 Å². The van der Waals surface area contributed by atoms with Crippen LogP contribution >= 0.6 is 12.4 Å². The molecule has 1 aromatic rings. The van der Waals surface area contributed by atoms with Gasteiger partial charge in [-0.1, -0.05) is 47.6 Å². The van der Waals surface area contributed by atoms with Crippen molar-refractivity contribution >= 4 is 12.4 Å². The van der Waals surface area contributed by atoms with E-state index in [1.807, 2.05) is 12.1 Å². The van der Waals surface area contributed by atoms with Crippen molar-refractivity contribution in [2.45, 2.75) is 52.4 Å². The van der Waals surface area contributed by atoms with E-state index < -0.39 is 0 Å². The molecule has 0 amide bonds. The van der Waals surface area contributed by atoms with Crippen LogP contribution in [-0.2, 0) is 10.8 Å². The summed E-state index contributed by atoms with van der Waals surface area (Å²) in [6.07, 6.45) is 0. The topological polar surface area (TPSA) is 20.2 Å². The van der Waals surface area contributed by atoms with Crippen LogP contribution in [0.2, 0.25) is 0 Å². The molecule has 0 heterocycles. The van der Waals surface area contributed by atoms with Crippen LogP contribution in [-0.4, -0.2) is 5.11 Å². The number of phenols is 1. The molecular weight excluding hydrogens is 220 g/mol. The first kappa shape index (κ1) is 15.3. The Morgan fingerprint density at radius 2 is 1.06 bits per heavy atom. The maximum absolute atomic E-state index is 9.72. The van der Waals surface area contributed by atoms with Crippen LogP contribution < -0.4 is 0 Å². The highest BCUT2D eigenvalue weighted by atomic mass is 35.5. The number of aromatic hydroxyl groups is 1. The van der Waals surface area contributed by atoms with Gasteiger partial charge in [0.05, 0.1) is 0 Å². The molecule has 1 aromatic carbocycles. The average molecular weight is 243 g/mol. The van der Waals surface area contributed by atoms with E-state index in [0.29, 0.717) is 5.75 Å². The summed E-state index contributed by atoms with van der Waals surface area (Å²) in [7, 11) is 0. The third kappa shape index (κ3) is 3.71. The first-order valence-electron chi connectivity index (χ1n) is 5.46. The Balaban J connectivity index is 0.00000225. The van der Waals surface area contributed by atoms with Crippen LogP contribution in [0.25, 0.3) is 0 Å². The zero-order valence-corrected chi connectivity index (χ0v) is 11.9. The molecule has 1 rings (SSSR count). The summed E-state index contributed by atoms with van der Waals surface area (Å²) in [5, 5.41) is 9.72. The van der Waals surface area contributed by atoms with Gasteiger partial charge in [0.25, 0.3) is 0 Å². The smallest absolute Gasteiger partial charge is 0.116 e. The summed E-state index contributed by atoms with van der Waals surface area (Å²) in [4.78, 5) is 0. The van der Waals surface area contributed by atoms with Crippen LogP contribution in [0.4, 0.5) is 0 Å². The monoisotopic (exact) mass is 242 g/mol. The highest BCUT2D eigenvalue weighted by Gasteiger charge is 2.20. The first-order valence-corrected chi connectivity index (χ1v) is 5.46. The van der Waals surface area contributed by atoms with Crippen LogP contribution in [0, 0.1) is 0 Å². The summed E-state index contributed by atoms with van der Waals surface area (Å²) in [5.41, 5.74) is 2.54. The Morgan fingerprint density at radius 1 is 0.750 bits per heavy atom. The number of hydrogen-bond acceptors (Lipinski definition) is 1. The number of rotatable bonds is 0. The van der Waals surface area contributed by atoms with Crippen LogP contribution in [0.3, 0.4) is 0 Å². The van der Waals surface area contributed by atoms with E-state index in [4.69, 9.17) is 0 Å². The van der Waals surface area contributed by atoms with Crippen molar-refractivity contribution in [3.05, 3.63) is 29.3 Å². The van der Waals surface area contributed by atoms with Crippen molar-refractivity contribution in [2.24, 2.45) is 0 Å². The van der Waals surface area contributed by atoms with E-state index in [9.17, 15) is 5.11 Å². The van der Waals surface area contributed by atoms with E-state index in [1.54, 1.807) is 0 Å². The third-order valence-electron chi connectivity index (χ3n) is 2.65. The average Bonchev–Trinajstić information content (AvgIpc) is 1.99. The minimum Gasteiger partial charge on any atom is -0.508 e. The highest BCUT2D eigenvalue weighted by Crippen LogP contribution is 2.32. The predicted molar refractivity (Wildman–Crippen MR) is 72.8 cm³/mol. The van der Waals surface area contributed by atoms with Crippen molar-refractivity contribution in [2.75, 3.05) is 0 Å². The molecule has 1 N–H and O–H groups in total. The fourth-order valence-corrected chi connectivity index (χ4v) is 1.48. The highest BCUT2D eigenvalue weighted by molar-refractivity contribution is 5.85. The van der Waals surface area contributed by atoms with Crippen molar-refractivity contribution in [3.63, 3.8) is 0 Å². The lowest BCUT2D eigenvalue weighted by atomic mass is 9.80. The second-order valence-electron chi connectivity index (χ2n) is 6.27. The van der Waals surface area contributed by atoms with Gasteiger partial charge in [-0.15, -0.1) is 12.4 Å². The Labute approximate surface area is 105 Å². The molecule has 1 nitrogen and oxygen atoms in total. The Hall–Kier alpha value is -0.690. The Kier molecular flexibility index (Phi) is 4.46. The molecule has 0 unspecified atom stereocenters. The number of benzene rings is 1. The van der Waals surface area contributed by atoms with Gasteiger partial charge >= 0.3 is 0 Å². The van der Waals surface area contributed by atoms with E-state index in [0.717, 1.165) is 0 Å². The second kappa shape index (κ2) is 4.67. The van der Waals surface area contributed by atoms with E-state index in [-0.39, 0.29) is 23.2 Å². The first-order chi connectivity index (χ1) is 6.60. The zero-order valence-electron chi connectivity index (χ0n) is 11.1. The van der Waals surface area contributed by atoms with Gasteiger partial charge in [0.1, 0.15) is 5.75 Å². The normalized spacial score (nSPS) is 12.1. The molecule has 0 saturated heterocycles. The van der Waals surface area contributed by atoms with Crippen molar-refractivity contribution < 1.29 is 5.11 Å². The molecule has 0 radical (unpaired) electrons. The summed E-state index contributed by atoms with van der Waals surface area (Å²) in [6, 6.07) is 5.91. The summed E-state index contributed by atoms with van der Waals surface area (Å²) in [5.74, 6) is 0.368. The molecule has 0 spiro atoms. The van der Waals surface area contributed by atoms with Gasteiger partial charge in [0, 0.05) is 0 Å². The molecule has 92 valence electrons. The third-order valence-corrected chi connectivity index (χ3v) is 2.65. The fourth-order valence-electron chi connectivity index (χ4n) is 1.48. The zero-order chi connectivity index (χ0) is 11.9. The lowest BCUT2D eigenvalue weighted by molar-refractivity contribution is 0.466. The molecule has 0 aromatic heterocycles. The van der Waals surface area contributed by atoms with Crippen molar-refractivity contribution in [3.8, 4) is 5.75 Å². The molecule has 0 saturated carbocycles. The molecule has 0 aliphatic heterocycles. The molecule has 0 aliphatic carbocycles. The quantitative estimate of drug-likeness (QED) is 0.715. The van der Waals surface area contributed by atoms with E-state index >= 15 is 0 Å². The number of hydrogen-bond donors (Lipinski definition) is 1. The lowest BCUT2D eigenvalue weighted by Gasteiger charge is -2.25. The van der Waals surface area contributed by atoms with Gasteiger partial charge in [-0.05, 0) is 34.1 Å². The van der Waals surface area contributed by atoms with Crippen molar-refractivity contribution in [1.82, 2.24) is 0 Å². The number of halogens is 1. The van der Waals surface area contributed by atoms with Crippen LogP contribution in [0.5, 0.6) is 5.75 Å². The minimum atomic E-state index is 0. The van der Waals surface area contributed by atoms with Crippen molar-refractivity contribution in [1.29, 1.82) is 0 Å². The summed E-state index contributed by atoms with van der Waals surface area (Å²) >= 11 is 0. The molecular formula is C14H23ClO. The summed E-state index contributed by atoms with van der Waals surface area (Å²) < 4.78 is 0. The predicted octanol–water partition coefficient (Wildman–Crippen LogP) is 4.41. The number of phenolic OH excluding ortho intramolecular Hbond substituents is 1. The Morgan fingerprint density at radius 3 is 1.31 bits per heavy atom.